The number of nitrogens with zero attached hydrogens (tertiary/aromatic N) is 1. The Morgan fingerprint density at radius 1 is 1.43 bits per heavy atom. The summed E-state index contributed by atoms with van der Waals surface area (Å²) in [7, 11) is 1.31. The standard InChI is InChI=1S/C17H22N2O4/c1-4-11(2)18-16(21)13-9-15(20)19(10-13)14-7-5-6-12(8-14)17(22)23-3/h5-8,11,13H,4,9-10H2,1-3H3,(H,18,21). The predicted molar refractivity (Wildman–Crippen MR) is 86.1 cm³/mol. The minimum Gasteiger partial charge on any atom is -0.465 e. The van der Waals surface area contributed by atoms with Crippen LogP contribution in [0.4, 0.5) is 5.69 Å². The number of hydrogen-bond acceptors (Lipinski definition) is 4. The zero-order valence-electron chi connectivity index (χ0n) is 13.7. The van der Waals surface area contributed by atoms with Crippen LogP contribution >= 0.6 is 0 Å². The van der Waals surface area contributed by atoms with Gasteiger partial charge in [-0.25, -0.2) is 4.79 Å². The molecule has 1 heterocycles. The van der Waals surface area contributed by atoms with Crippen LogP contribution in [0.2, 0.25) is 0 Å². The Bertz CT molecular complexity index is 614. The summed E-state index contributed by atoms with van der Waals surface area (Å²) in [5, 5.41) is 2.91. The maximum absolute atomic E-state index is 12.2. The van der Waals surface area contributed by atoms with E-state index >= 15 is 0 Å². The third-order valence-corrected chi connectivity index (χ3v) is 4.08. The van der Waals surface area contributed by atoms with Crippen molar-refractivity contribution >= 4 is 23.5 Å². The minimum atomic E-state index is -0.454. The number of hydrogen-bond donors (Lipinski definition) is 1. The van der Waals surface area contributed by atoms with E-state index in [1.807, 2.05) is 13.8 Å². The molecule has 1 aliphatic heterocycles. The van der Waals surface area contributed by atoms with Crippen LogP contribution in [0.15, 0.2) is 24.3 Å². The summed E-state index contributed by atoms with van der Waals surface area (Å²) in [6, 6.07) is 6.77. The first-order valence-corrected chi connectivity index (χ1v) is 7.75. The highest BCUT2D eigenvalue weighted by Gasteiger charge is 2.35. The molecule has 2 rings (SSSR count). The number of carbonyl (C=O) groups excluding carboxylic acids is 3. The van der Waals surface area contributed by atoms with E-state index in [0.29, 0.717) is 17.8 Å². The van der Waals surface area contributed by atoms with Gasteiger partial charge in [0.25, 0.3) is 0 Å². The maximum atomic E-state index is 12.2. The lowest BCUT2D eigenvalue weighted by molar-refractivity contribution is -0.126. The molecule has 23 heavy (non-hydrogen) atoms. The molecule has 2 unspecified atom stereocenters. The lowest BCUT2D eigenvalue weighted by atomic mass is 10.1. The van der Waals surface area contributed by atoms with E-state index in [1.54, 1.807) is 29.2 Å². The summed E-state index contributed by atoms with van der Waals surface area (Å²) in [6.45, 7) is 4.26. The van der Waals surface area contributed by atoms with E-state index in [-0.39, 0.29) is 30.2 Å². The molecular weight excluding hydrogens is 296 g/mol. The summed E-state index contributed by atoms with van der Waals surface area (Å²) in [4.78, 5) is 37.6. The summed E-state index contributed by atoms with van der Waals surface area (Å²) >= 11 is 0. The van der Waals surface area contributed by atoms with Crippen molar-refractivity contribution < 1.29 is 19.1 Å². The summed E-state index contributed by atoms with van der Waals surface area (Å²) < 4.78 is 4.69. The van der Waals surface area contributed by atoms with E-state index in [0.717, 1.165) is 6.42 Å². The van der Waals surface area contributed by atoms with Gasteiger partial charge in [0.05, 0.1) is 18.6 Å². The van der Waals surface area contributed by atoms with Gasteiger partial charge in [0.1, 0.15) is 0 Å². The van der Waals surface area contributed by atoms with Crippen LogP contribution in [0.5, 0.6) is 0 Å². The second kappa shape index (κ2) is 7.26. The van der Waals surface area contributed by atoms with E-state index < -0.39 is 5.97 Å². The average Bonchev–Trinajstić information content (AvgIpc) is 2.96. The molecule has 2 amide bonds. The molecule has 0 aromatic heterocycles. The molecule has 0 radical (unpaired) electrons. The van der Waals surface area contributed by atoms with Crippen LogP contribution in [0, 0.1) is 5.92 Å². The van der Waals surface area contributed by atoms with Gasteiger partial charge in [-0.1, -0.05) is 13.0 Å². The number of ether oxygens (including phenoxy) is 1. The molecule has 1 fully saturated rings. The number of benzene rings is 1. The van der Waals surface area contributed by atoms with Crippen molar-refractivity contribution in [1.29, 1.82) is 0 Å². The number of anilines is 1. The smallest absolute Gasteiger partial charge is 0.337 e. The number of methoxy groups -OCH3 is 1. The monoisotopic (exact) mass is 318 g/mol. The number of amides is 2. The molecule has 0 spiro atoms. The van der Waals surface area contributed by atoms with Crippen LogP contribution in [0.1, 0.15) is 37.0 Å². The Labute approximate surface area is 135 Å². The SMILES string of the molecule is CCC(C)NC(=O)C1CC(=O)N(c2cccc(C(=O)OC)c2)C1. The van der Waals surface area contributed by atoms with Crippen LogP contribution < -0.4 is 10.2 Å². The molecule has 1 aromatic carbocycles. The van der Waals surface area contributed by atoms with Gasteiger partial charge >= 0.3 is 5.97 Å². The summed E-state index contributed by atoms with van der Waals surface area (Å²) in [5.74, 6) is -1.03. The highest BCUT2D eigenvalue weighted by Crippen LogP contribution is 2.26. The van der Waals surface area contributed by atoms with Crippen molar-refractivity contribution in [2.24, 2.45) is 5.92 Å². The van der Waals surface area contributed by atoms with E-state index in [1.165, 1.54) is 7.11 Å². The first-order chi connectivity index (χ1) is 11.0. The summed E-state index contributed by atoms with van der Waals surface area (Å²) in [6.07, 6.45) is 1.03. The molecule has 0 bridgehead atoms. The largest absolute Gasteiger partial charge is 0.465 e. The molecule has 1 aliphatic rings. The van der Waals surface area contributed by atoms with Crippen molar-refractivity contribution in [3.05, 3.63) is 29.8 Å². The Kier molecular flexibility index (Phi) is 5.36. The zero-order valence-corrected chi connectivity index (χ0v) is 13.7. The number of esters is 1. The van der Waals surface area contributed by atoms with Gasteiger partial charge in [0.2, 0.25) is 11.8 Å². The zero-order chi connectivity index (χ0) is 17.0. The van der Waals surface area contributed by atoms with Gasteiger partial charge in [0, 0.05) is 24.7 Å². The van der Waals surface area contributed by atoms with Gasteiger partial charge in [-0.2, -0.15) is 0 Å². The number of nitrogens with one attached hydrogen (secondary N) is 1. The molecule has 6 nitrogen and oxygen atoms in total. The van der Waals surface area contributed by atoms with E-state index in [4.69, 9.17) is 0 Å². The fraction of sp³-hybridized carbons (Fsp3) is 0.471. The molecule has 1 aromatic rings. The Balaban J connectivity index is 2.11. The molecule has 2 atom stereocenters. The Hall–Kier alpha value is -2.37. The molecular formula is C17H22N2O4. The lowest BCUT2D eigenvalue weighted by Gasteiger charge is -2.18. The van der Waals surface area contributed by atoms with Crippen molar-refractivity contribution in [3.8, 4) is 0 Å². The highest BCUT2D eigenvalue weighted by atomic mass is 16.5. The molecule has 0 aliphatic carbocycles. The van der Waals surface area contributed by atoms with Gasteiger partial charge in [-0.05, 0) is 31.5 Å². The second-order valence-electron chi connectivity index (χ2n) is 5.77. The topological polar surface area (TPSA) is 75.7 Å². The molecule has 124 valence electrons. The van der Waals surface area contributed by atoms with Crippen molar-refractivity contribution in [2.45, 2.75) is 32.7 Å². The first-order valence-electron chi connectivity index (χ1n) is 7.75. The number of rotatable bonds is 5. The maximum Gasteiger partial charge on any atom is 0.337 e. The van der Waals surface area contributed by atoms with Gasteiger partial charge in [-0.15, -0.1) is 0 Å². The van der Waals surface area contributed by atoms with E-state index in [2.05, 4.69) is 10.1 Å². The normalized spacial score (nSPS) is 18.7. The molecule has 1 saturated heterocycles. The first kappa shape index (κ1) is 17.0. The fourth-order valence-corrected chi connectivity index (χ4v) is 2.51. The quantitative estimate of drug-likeness (QED) is 0.839. The second-order valence-corrected chi connectivity index (χ2v) is 5.77. The third-order valence-electron chi connectivity index (χ3n) is 4.08. The van der Waals surface area contributed by atoms with Gasteiger partial charge in [-0.3, -0.25) is 9.59 Å². The highest BCUT2D eigenvalue weighted by molar-refractivity contribution is 6.01. The van der Waals surface area contributed by atoms with Crippen LogP contribution in [-0.2, 0) is 14.3 Å². The number of carbonyl (C=O) groups is 3. The van der Waals surface area contributed by atoms with Crippen LogP contribution in [0.3, 0.4) is 0 Å². The summed E-state index contributed by atoms with van der Waals surface area (Å²) in [5.41, 5.74) is 0.988. The fourth-order valence-electron chi connectivity index (χ4n) is 2.51. The van der Waals surface area contributed by atoms with Crippen LogP contribution in [-0.4, -0.2) is 37.5 Å². The minimum absolute atomic E-state index is 0.0919. The van der Waals surface area contributed by atoms with Crippen molar-refractivity contribution in [1.82, 2.24) is 5.32 Å². The van der Waals surface area contributed by atoms with Crippen molar-refractivity contribution in [2.75, 3.05) is 18.6 Å². The van der Waals surface area contributed by atoms with Gasteiger partial charge < -0.3 is 15.0 Å². The average molecular weight is 318 g/mol. The molecule has 6 heteroatoms. The Morgan fingerprint density at radius 2 is 2.17 bits per heavy atom. The van der Waals surface area contributed by atoms with Crippen molar-refractivity contribution in [3.63, 3.8) is 0 Å². The van der Waals surface area contributed by atoms with Gasteiger partial charge in [0.15, 0.2) is 0 Å². The lowest BCUT2D eigenvalue weighted by Crippen LogP contribution is -2.38. The van der Waals surface area contributed by atoms with Crippen LogP contribution in [0.25, 0.3) is 0 Å². The predicted octanol–water partition coefficient (Wildman–Crippen LogP) is 1.74. The Morgan fingerprint density at radius 3 is 2.83 bits per heavy atom. The van der Waals surface area contributed by atoms with E-state index in [9.17, 15) is 14.4 Å². The molecule has 1 N–H and O–H groups in total. The molecule has 0 saturated carbocycles. The third kappa shape index (κ3) is 3.88.